The summed E-state index contributed by atoms with van der Waals surface area (Å²) in [5, 5.41) is 9.96. The molecule has 2 amide bonds. The van der Waals surface area contributed by atoms with E-state index in [0.29, 0.717) is 74.3 Å². The van der Waals surface area contributed by atoms with Crippen LogP contribution in [0.5, 0.6) is 5.75 Å². The summed E-state index contributed by atoms with van der Waals surface area (Å²) >= 11 is 6.31. The number of alkyl halides is 3. The first kappa shape index (κ1) is 29.2. The zero-order chi connectivity index (χ0) is 28.0. The first-order valence-electron chi connectivity index (χ1n) is 13.4. The van der Waals surface area contributed by atoms with Crippen LogP contribution < -0.4 is 4.74 Å². The van der Waals surface area contributed by atoms with Gasteiger partial charge in [-0.25, -0.2) is 0 Å². The van der Waals surface area contributed by atoms with Crippen LogP contribution in [0.2, 0.25) is 5.02 Å². The van der Waals surface area contributed by atoms with Gasteiger partial charge in [0.15, 0.2) is 5.92 Å². The number of β-amino-alcohol motifs (C(OH)–C–C–N with tert-alkyl or cyclic N) is 1. The lowest BCUT2D eigenvalue weighted by Gasteiger charge is -2.35. The number of aliphatic hydroxyl groups is 1. The van der Waals surface area contributed by atoms with Crippen molar-refractivity contribution in [2.45, 2.75) is 56.7 Å². The van der Waals surface area contributed by atoms with Crippen molar-refractivity contribution in [3.8, 4) is 5.75 Å². The molecule has 0 bridgehead atoms. The molecule has 2 saturated heterocycles. The third-order valence-corrected chi connectivity index (χ3v) is 7.84. The molecule has 2 aliphatic heterocycles. The molecular formula is C29H34ClF3N2O4. The molecule has 1 N–H and O–H groups in total. The van der Waals surface area contributed by atoms with Crippen LogP contribution in [0.1, 0.15) is 60.4 Å². The largest absolute Gasteiger partial charge is 0.494 e. The number of benzene rings is 2. The Bertz CT molecular complexity index is 1120. The highest BCUT2D eigenvalue weighted by Crippen LogP contribution is 2.37. The predicted molar refractivity (Wildman–Crippen MR) is 142 cm³/mol. The number of aliphatic hydroxyl groups excluding tert-OH is 1. The van der Waals surface area contributed by atoms with Gasteiger partial charge in [-0.3, -0.25) is 9.59 Å². The van der Waals surface area contributed by atoms with Crippen molar-refractivity contribution in [1.29, 1.82) is 0 Å². The summed E-state index contributed by atoms with van der Waals surface area (Å²) in [4.78, 5) is 28.3. The third kappa shape index (κ3) is 7.66. The SMILES string of the molecule is O=C(c1ccc(OCCCCC2CCN(C(=O)C(c3ccccc3)C(F)(F)F)CC2)cc1Cl)N1CCC(O)C1. The molecule has 0 radical (unpaired) electrons. The molecule has 2 atom stereocenters. The molecule has 2 aromatic carbocycles. The highest BCUT2D eigenvalue weighted by Gasteiger charge is 2.47. The first-order valence-corrected chi connectivity index (χ1v) is 13.8. The molecule has 212 valence electrons. The van der Waals surface area contributed by atoms with Crippen molar-refractivity contribution in [2.24, 2.45) is 5.92 Å². The molecule has 2 unspecified atom stereocenters. The summed E-state index contributed by atoms with van der Waals surface area (Å²) in [6.45, 7) is 1.96. The summed E-state index contributed by atoms with van der Waals surface area (Å²) in [5.74, 6) is -2.27. The van der Waals surface area contributed by atoms with Crippen LogP contribution in [0.4, 0.5) is 13.2 Å². The second kappa shape index (κ2) is 13.0. The Labute approximate surface area is 231 Å². The molecule has 2 aromatic rings. The van der Waals surface area contributed by atoms with Crippen LogP contribution in [-0.2, 0) is 4.79 Å². The van der Waals surface area contributed by atoms with Crippen LogP contribution >= 0.6 is 11.6 Å². The highest BCUT2D eigenvalue weighted by molar-refractivity contribution is 6.34. The van der Waals surface area contributed by atoms with Crippen LogP contribution in [-0.4, -0.2) is 71.8 Å². The maximum Gasteiger partial charge on any atom is 0.404 e. The number of carbonyl (C=O) groups is 2. The third-order valence-electron chi connectivity index (χ3n) is 7.53. The number of amides is 2. The number of unbranched alkanes of at least 4 members (excludes halogenated alkanes) is 1. The van der Waals surface area contributed by atoms with Crippen molar-refractivity contribution in [3.05, 3.63) is 64.7 Å². The summed E-state index contributed by atoms with van der Waals surface area (Å²) in [6.07, 6.45) is -0.574. The van der Waals surface area contributed by atoms with E-state index in [-0.39, 0.29) is 11.5 Å². The van der Waals surface area contributed by atoms with Crippen molar-refractivity contribution < 1.29 is 32.6 Å². The first-order chi connectivity index (χ1) is 18.6. The fourth-order valence-electron chi connectivity index (χ4n) is 5.32. The number of rotatable bonds is 9. The lowest BCUT2D eigenvalue weighted by Crippen LogP contribution is -2.44. The van der Waals surface area contributed by atoms with E-state index < -0.39 is 24.1 Å². The van der Waals surface area contributed by atoms with Crippen LogP contribution in [0.15, 0.2) is 48.5 Å². The Balaban J connectivity index is 1.17. The standard InChI is InChI=1S/C29H34ClF3N2O4/c30-25-18-23(9-10-24(25)27(37)35-16-13-22(36)19-35)39-17-5-4-6-20-11-14-34(15-12-20)28(38)26(29(31,32)33)21-7-2-1-3-8-21/h1-3,7-10,18,20,22,26,36H,4-6,11-17,19H2. The van der Waals surface area contributed by atoms with Crippen molar-refractivity contribution >= 4 is 23.4 Å². The van der Waals surface area contributed by atoms with Crippen LogP contribution in [0, 0.1) is 5.92 Å². The van der Waals surface area contributed by atoms with Gasteiger partial charge in [-0.05, 0) is 61.8 Å². The maximum absolute atomic E-state index is 13.7. The van der Waals surface area contributed by atoms with Gasteiger partial charge in [-0.15, -0.1) is 0 Å². The average Bonchev–Trinajstić information content (AvgIpc) is 3.34. The topological polar surface area (TPSA) is 70.1 Å². The van der Waals surface area contributed by atoms with Gasteiger partial charge in [0.1, 0.15) is 5.75 Å². The minimum absolute atomic E-state index is 0.0221. The van der Waals surface area contributed by atoms with E-state index in [9.17, 15) is 27.9 Å². The molecule has 0 aliphatic carbocycles. The van der Waals surface area contributed by atoms with E-state index in [1.54, 1.807) is 29.2 Å². The van der Waals surface area contributed by atoms with Crippen molar-refractivity contribution in [1.82, 2.24) is 9.80 Å². The molecule has 2 heterocycles. The summed E-state index contributed by atoms with van der Waals surface area (Å²) in [7, 11) is 0. The second-order valence-corrected chi connectivity index (χ2v) is 10.7. The fourth-order valence-corrected chi connectivity index (χ4v) is 5.57. The smallest absolute Gasteiger partial charge is 0.404 e. The molecule has 0 aromatic heterocycles. The Morgan fingerprint density at radius 1 is 1.00 bits per heavy atom. The number of likely N-dealkylation sites (tertiary alicyclic amines) is 2. The van der Waals surface area contributed by atoms with E-state index >= 15 is 0 Å². The molecule has 0 spiro atoms. The van der Waals surface area contributed by atoms with Gasteiger partial charge >= 0.3 is 6.18 Å². The molecule has 2 aliphatic rings. The molecular weight excluding hydrogens is 533 g/mol. The lowest BCUT2D eigenvalue weighted by atomic mass is 9.90. The number of hydrogen-bond acceptors (Lipinski definition) is 4. The zero-order valence-electron chi connectivity index (χ0n) is 21.7. The number of halogens is 4. The van der Waals surface area contributed by atoms with Gasteiger partial charge in [-0.2, -0.15) is 13.2 Å². The predicted octanol–water partition coefficient (Wildman–Crippen LogP) is 5.68. The number of ether oxygens (including phenoxy) is 1. The summed E-state index contributed by atoms with van der Waals surface area (Å²) in [6, 6.07) is 12.4. The van der Waals surface area contributed by atoms with Gasteiger partial charge in [-0.1, -0.05) is 48.4 Å². The van der Waals surface area contributed by atoms with Gasteiger partial charge in [0.05, 0.1) is 23.3 Å². The molecule has 4 rings (SSSR count). The summed E-state index contributed by atoms with van der Waals surface area (Å²) in [5.41, 5.74) is 0.361. The second-order valence-electron chi connectivity index (χ2n) is 10.3. The van der Waals surface area contributed by atoms with Crippen LogP contribution in [0.25, 0.3) is 0 Å². The monoisotopic (exact) mass is 566 g/mol. The molecule has 10 heteroatoms. The van der Waals surface area contributed by atoms with E-state index in [2.05, 4.69) is 0 Å². The Hall–Kier alpha value is -2.78. The van der Waals surface area contributed by atoms with E-state index in [4.69, 9.17) is 16.3 Å². The highest BCUT2D eigenvalue weighted by atomic mass is 35.5. The maximum atomic E-state index is 13.7. The molecule has 2 fully saturated rings. The quantitative estimate of drug-likeness (QED) is 0.397. The van der Waals surface area contributed by atoms with Crippen molar-refractivity contribution in [3.63, 3.8) is 0 Å². The number of carbonyl (C=O) groups excluding carboxylic acids is 2. The molecule has 39 heavy (non-hydrogen) atoms. The van der Waals surface area contributed by atoms with E-state index in [1.807, 2.05) is 0 Å². The molecule has 0 saturated carbocycles. The minimum atomic E-state index is -4.63. The van der Waals surface area contributed by atoms with Gasteiger partial charge in [0, 0.05) is 26.2 Å². The fraction of sp³-hybridized carbons (Fsp3) is 0.517. The van der Waals surface area contributed by atoms with Gasteiger partial charge in [0.2, 0.25) is 5.91 Å². The van der Waals surface area contributed by atoms with E-state index in [1.165, 1.54) is 29.2 Å². The average molecular weight is 567 g/mol. The van der Waals surface area contributed by atoms with Gasteiger partial charge in [0.25, 0.3) is 5.91 Å². The van der Waals surface area contributed by atoms with Crippen LogP contribution in [0.3, 0.4) is 0 Å². The summed E-state index contributed by atoms with van der Waals surface area (Å²) < 4.78 is 46.9. The number of nitrogens with zero attached hydrogens (tertiary/aromatic N) is 2. The Kier molecular flexibility index (Phi) is 9.77. The van der Waals surface area contributed by atoms with E-state index in [0.717, 1.165) is 19.3 Å². The lowest BCUT2D eigenvalue weighted by molar-refractivity contribution is -0.172. The minimum Gasteiger partial charge on any atom is -0.494 e. The molecule has 6 nitrogen and oxygen atoms in total. The Morgan fingerprint density at radius 3 is 2.31 bits per heavy atom. The number of hydrogen-bond donors (Lipinski definition) is 1. The van der Waals surface area contributed by atoms with Gasteiger partial charge < -0.3 is 19.6 Å². The number of piperidine rings is 1. The normalized spacial score (nSPS) is 19.3. The zero-order valence-corrected chi connectivity index (χ0v) is 22.5. The Morgan fingerprint density at radius 2 is 1.69 bits per heavy atom. The van der Waals surface area contributed by atoms with Crippen molar-refractivity contribution in [2.75, 3.05) is 32.8 Å².